The van der Waals surface area contributed by atoms with Crippen molar-refractivity contribution in [2.45, 2.75) is 12.6 Å². The second-order valence-electron chi connectivity index (χ2n) is 6.73. The normalized spacial score (nSPS) is 15.0. The van der Waals surface area contributed by atoms with E-state index >= 15 is 0 Å². The molecular weight excluding hydrogens is 409 g/mol. The van der Waals surface area contributed by atoms with Gasteiger partial charge < -0.3 is 15.1 Å². The van der Waals surface area contributed by atoms with Crippen LogP contribution in [0.3, 0.4) is 0 Å². The minimum atomic E-state index is -4.66. The second kappa shape index (κ2) is 8.68. The molecule has 1 heterocycles. The van der Waals surface area contributed by atoms with Gasteiger partial charge in [0.15, 0.2) is 0 Å². The summed E-state index contributed by atoms with van der Waals surface area (Å²) in [6.07, 6.45) is -4.33. The summed E-state index contributed by atoms with van der Waals surface area (Å²) >= 11 is 0. The quantitative estimate of drug-likeness (QED) is 0.724. The van der Waals surface area contributed by atoms with E-state index in [1.54, 1.807) is 0 Å². The maximum atomic E-state index is 13.7. The van der Waals surface area contributed by atoms with Crippen LogP contribution in [0.5, 0.6) is 0 Å². The van der Waals surface area contributed by atoms with Crippen molar-refractivity contribution in [2.75, 3.05) is 31.5 Å². The molecule has 0 aromatic heterocycles. The summed E-state index contributed by atoms with van der Waals surface area (Å²) in [5.74, 6) is -2.48. The van der Waals surface area contributed by atoms with Crippen molar-refractivity contribution in [3.63, 3.8) is 0 Å². The zero-order valence-electron chi connectivity index (χ0n) is 15.7. The van der Waals surface area contributed by atoms with Gasteiger partial charge in [-0.05, 0) is 30.7 Å². The van der Waals surface area contributed by atoms with Crippen LogP contribution in [0.15, 0.2) is 42.5 Å². The fourth-order valence-electron chi connectivity index (χ4n) is 3.20. The number of amides is 3. The van der Waals surface area contributed by atoms with Crippen molar-refractivity contribution in [3.8, 4) is 0 Å². The Labute approximate surface area is 169 Å². The Kier molecular flexibility index (Phi) is 6.23. The lowest BCUT2D eigenvalue weighted by atomic mass is 10.1. The maximum absolute atomic E-state index is 13.7. The Balaban J connectivity index is 1.68. The first-order chi connectivity index (χ1) is 14.2. The van der Waals surface area contributed by atoms with Gasteiger partial charge in [0.05, 0.1) is 16.8 Å². The Morgan fingerprint density at radius 1 is 0.900 bits per heavy atom. The lowest BCUT2D eigenvalue weighted by molar-refractivity contribution is -0.138. The number of carbonyl (C=O) groups is 2. The van der Waals surface area contributed by atoms with Crippen LogP contribution in [-0.4, -0.2) is 47.9 Å². The van der Waals surface area contributed by atoms with Crippen molar-refractivity contribution in [1.29, 1.82) is 0 Å². The second-order valence-corrected chi connectivity index (χ2v) is 6.73. The largest absolute Gasteiger partial charge is 0.417 e. The molecule has 2 aromatic carbocycles. The number of alkyl halides is 3. The number of nitrogens with zero attached hydrogens (tertiary/aromatic N) is 2. The number of nitrogens with one attached hydrogen (secondary N) is 1. The number of hydrogen-bond acceptors (Lipinski definition) is 2. The van der Waals surface area contributed by atoms with Crippen LogP contribution in [0.25, 0.3) is 0 Å². The SMILES string of the molecule is O=C(Nc1ccc(F)cc1F)N1CCCN(C(=O)c2ccccc2C(F)(F)F)CC1. The van der Waals surface area contributed by atoms with E-state index in [9.17, 15) is 31.5 Å². The van der Waals surface area contributed by atoms with Crippen LogP contribution in [0.2, 0.25) is 0 Å². The van der Waals surface area contributed by atoms with E-state index in [0.717, 1.165) is 24.3 Å². The summed E-state index contributed by atoms with van der Waals surface area (Å²) in [5, 5.41) is 2.33. The Hall–Kier alpha value is -3.17. The summed E-state index contributed by atoms with van der Waals surface area (Å²) < 4.78 is 66.3. The molecule has 0 atom stereocenters. The summed E-state index contributed by atoms with van der Waals surface area (Å²) in [7, 11) is 0. The smallest absolute Gasteiger partial charge is 0.337 e. The van der Waals surface area contributed by atoms with Gasteiger partial charge in [0.2, 0.25) is 0 Å². The predicted octanol–water partition coefficient (Wildman–Crippen LogP) is 4.36. The molecule has 1 aliphatic rings. The van der Waals surface area contributed by atoms with Gasteiger partial charge in [0.1, 0.15) is 11.6 Å². The third kappa shape index (κ3) is 4.87. The molecule has 160 valence electrons. The van der Waals surface area contributed by atoms with Crippen LogP contribution in [0.1, 0.15) is 22.3 Å². The summed E-state index contributed by atoms with van der Waals surface area (Å²) in [6.45, 7) is 0.456. The zero-order valence-corrected chi connectivity index (χ0v) is 15.7. The molecule has 0 saturated carbocycles. The summed E-state index contributed by atoms with van der Waals surface area (Å²) in [5.41, 5.74) is -1.66. The molecule has 2 aromatic rings. The zero-order chi connectivity index (χ0) is 21.9. The van der Waals surface area contributed by atoms with E-state index in [1.165, 1.54) is 21.9 Å². The van der Waals surface area contributed by atoms with Gasteiger partial charge in [-0.25, -0.2) is 13.6 Å². The molecule has 0 aliphatic carbocycles. The molecule has 30 heavy (non-hydrogen) atoms. The minimum Gasteiger partial charge on any atom is -0.337 e. The van der Waals surface area contributed by atoms with E-state index in [2.05, 4.69) is 5.32 Å². The van der Waals surface area contributed by atoms with Gasteiger partial charge in [-0.2, -0.15) is 13.2 Å². The van der Waals surface area contributed by atoms with Crippen LogP contribution < -0.4 is 5.32 Å². The Morgan fingerprint density at radius 2 is 1.57 bits per heavy atom. The summed E-state index contributed by atoms with van der Waals surface area (Å²) in [6, 6.07) is 6.62. The number of benzene rings is 2. The fraction of sp³-hybridized carbons (Fsp3) is 0.300. The van der Waals surface area contributed by atoms with Crippen molar-refractivity contribution < 1.29 is 31.5 Å². The number of carbonyl (C=O) groups excluding carboxylic acids is 2. The van der Waals surface area contributed by atoms with E-state index in [4.69, 9.17) is 0 Å². The molecule has 1 aliphatic heterocycles. The fourth-order valence-corrected chi connectivity index (χ4v) is 3.20. The molecule has 1 saturated heterocycles. The van der Waals surface area contributed by atoms with Crippen LogP contribution >= 0.6 is 0 Å². The highest BCUT2D eigenvalue weighted by Gasteiger charge is 2.36. The highest BCUT2D eigenvalue weighted by molar-refractivity contribution is 5.96. The van der Waals surface area contributed by atoms with Crippen molar-refractivity contribution in [1.82, 2.24) is 9.80 Å². The van der Waals surface area contributed by atoms with Crippen molar-refractivity contribution in [3.05, 3.63) is 65.2 Å². The van der Waals surface area contributed by atoms with Crippen LogP contribution in [0.4, 0.5) is 32.4 Å². The topological polar surface area (TPSA) is 52.7 Å². The van der Waals surface area contributed by atoms with Gasteiger partial charge in [-0.1, -0.05) is 12.1 Å². The molecule has 0 unspecified atom stereocenters. The third-order valence-corrected chi connectivity index (χ3v) is 4.71. The first kappa shape index (κ1) is 21.5. The molecule has 5 nitrogen and oxygen atoms in total. The average Bonchev–Trinajstić information content (AvgIpc) is 2.95. The molecule has 3 rings (SSSR count). The molecule has 10 heteroatoms. The lowest BCUT2D eigenvalue weighted by Gasteiger charge is -2.23. The van der Waals surface area contributed by atoms with Gasteiger partial charge in [-0.15, -0.1) is 0 Å². The monoisotopic (exact) mass is 427 g/mol. The first-order valence-electron chi connectivity index (χ1n) is 9.13. The number of anilines is 1. The van der Waals surface area contributed by atoms with Crippen LogP contribution in [-0.2, 0) is 6.18 Å². The highest BCUT2D eigenvalue weighted by atomic mass is 19.4. The molecule has 3 amide bonds. The van der Waals surface area contributed by atoms with Gasteiger partial charge >= 0.3 is 12.2 Å². The van der Waals surface area contributed by atoms with E-state index < -0.39 is 40.9 Å². The predicted molar refractivity (Wildman–Crippen MR) is 98.9 cm³/mol. The van der Waals surface area contributed by atoms with E-state index in [1.807, 2.05) is 0 Å². The Morgan fingerprint density at radius 3 is 2.27 bits per heavy atom. The number of urea groups is 1. The van der Waals surface area contributed by atoms with Gasteiger partial charge in [-0.3, -0.25) is 4.79 Å². The number of hydrogen-bond donors (Lipinski definition) is 1. The Bertz CT molecular complexity index is 948. The molecule has 0 radical (unpaired) electrons. The van der Waals surface area contributed by atoms with Gasteiger partial charge in [0.25, 0.3) is 5.91 Å². The standard InChI is InChI=1S/C20H18F5N3O2/c21-13-6-7-17(16(22)12-13)26-19(30)28-9-3-8-27(10-11-28)18(29)14-4-1-2-5-15(14)20(23,24)25/h1-2,4-7,12H,3,8-11H2,(H,26,30). The summed E-state index contributed by atoms with van der Waals surface area (Å²) in [4.78, 5) is 27.7. The highest BCUT2D eigenvalue weighted by Crippen LogP contribution is 2.32. The molecule has 0 spiro atoms. The molecule has 0 bridgehead atoms. The minimum absolute atomic E-state index is 0.0182. The van der Waals surface area contributed by atoms with Crippen molar-refractivity contribution in [2.24, 2.45) is 0 Å². The number of rotatable bonds is 2. The molecule has 1 fully saturated rings. The van der Waals surface area contributed by atoms with Crippen LogP contribution in [0, 0.1) is 11.6 Å². The molecule has 1 N–H and O–H groups in total. The van der Waals surface area contributed by atoms with Crippen molar-refractivity contribution >= 4 is 17.6 Å². The number of halogens is 5. The third-order valence-electron chi connectivity index (χ3n) is 4.71. The van der Waals surface area contributed by atoms with Gasteiger partial charge in [0, 0.05) is 32.2 Å². The van der Waals surface area contributed by atoms with E-state index in [0.29, 0.717) is 12.5 Å². The lowest BCUT2D eigenvalue weighted by Crippen LogP contribution is -2.39. The average molecular weight is 427 g/mol. The maximum Gasteiger partial charge on any atom is 0.417 e. The first-order valence-corrected chi connectivity index (χ1v) is 9.13. The van der Waals surface area contributed by atoms with E-state index in [-0.39, 0.29) is 31.9 Å². The molecular formula is C20H18F5N3O2.